The van der Waals surface area contributed by atoms with Crippen LogP contribution in [0.3, 0.4) is 0 Å². The molecule has 0 bridgehead atoms. The molecule has 0 atom stereocenters. The van der Waals surface area contributed by atoms with Crippen LogP contribution in [0.2, 0.25) is 5.02 Å². The Bertz CT molecular complexity index is 699. The maximum atomic E-state index is 12.0. The summed E-state index contributed by atoms with van der Waals surface area (Å²) in [7, 11) is 0. The molecule has 0 aliphatic carbocycles. The maximum absolute atomic E-state index is 12.0. The molecule has 1 aromatic carbocycles. The van der Waals surface area contributed by atoms with E-state index in [9.17, 15) is 9.59 Å². The number of amides is 1. The van der Waals surface area contributed by atoms with E-state index in [1.54, 1.807) is 36.5 Å². The third-order valence-electron chi connectivity index (χ3n) is 2.57. The van der Waals surface area contributed by atoms with Crippen LogP contribution in [-0.2, 0) is 4.79 Å². The molecule has 2 N–H and O–H groups in total. The molecule has 6 heteroatoms. The van der Waals surface area contributed by atoms with Gasteiger partial charge in [-0.1, -0.05) is 23.7 Å². The lowest BCUT2D eigenvalue weighted by atomic mass is 10.1. The van der Waals surface area contributed by atoms with Crippen molar-refractivity contribution in [1.29, 1.82) is 0 Å². The molecule has 0 aliphatic heterocycles. The Balaban J connectivity index is 2.16. The normalized spacial score (nSPS) is 10.5. The zero-order valence-electron chi connectivity index (χ0n) is 10.8. The second kappa shape index (κ2) is 6.67. The molecule has 1 amide bonds. The predicted molar refractivity (Wildman–Crippen MR) is 80.3 cm³/mol. The molecule has 5 nitrogen and oxygen atoms in total. The number of pyridine rings is 1. The molecule has 0 unspecified atom stereocenters. The number of carbonyl (C=O) groups is 2. The first-order valence-corrected chi connectivity index (χ1v) is 6.37. The Labute approximate surface area is 125 Å². The Morgan fingerprint density at radius 2 is 2.05 bits per heavy atom. The number of nitrogens with zero attached hydrogens (tertiary/aromatic N) is 1. The standard InChI is InChI=1S/C15H11ClN2O3/c16-12-9-11(5-4-10(12)6-7-14(19)20)15(21)18-13-3-1-2-8-17-13/h1-9H,(H,19,20)(H,17,18,21)/b7-6+. The average Bonchev–Trinajstić information content (AvgIpc) is 2.46. The maximum Gasteiger partial charge on any atom is 0.328 e. The van der Waals surface area contributed by atoms with E-state index in [4.69, 9.17) is 16.7 Å². The molecule has 0 saturated heterocycles. The molecule has 1 aromatic heterocycles. The second-order valence-electron chi connectivity index (χ2n) is 4.08. The van der Waals surface area contributed by atoms with Crippen molar-refractivity contribution < 1.29 is 14.7 Å². The lowest BCUT2D eigenvalue weighted by Gasteiger charge is -2.05. The number of carboxylic acids is 1. The van der Waals surface area contributed by atoms with Gasteiger partial charge in [-0.3, -0.25) is 4.79 Å². The topological polar surface area (TPSA) is 79.3 Å². The van der Waals surface area contributed by atoms with Crippen LogP contribution in [0.4, 0.5) is 5.82 Å². The van der Waals surface area contributed by atoms with E-state index in [1.807, 2.05) is 0 Å². The number of benzene rings is 1. The number of aliphatic carboxylic acids is 1. The minimum atomic E-state index is -1.07. The highest BCUT2D eigenvalue weighted by molar-refractivity contribution is 6.32. The number of aromatic nitrogens is 1. The van der Waals surface area contributed by atoms with Crippen molar-refractivity contribution in [3.8, 4) is 0 Å². The molecule has 0 aliphatic rings. The van der Waals surface area contributed by atoms with E-state index in [0.717, 1.165) is 6.08 Å². The van der Waals surface area contributed by atoms with Crippen molar-refractivity contribution in [2.75, 3.05) is 5.32 Å². The van der Waals surface area contributed by atoms with Crippen molar-refractivity contribution in [3.05, 3.63) is 64.8 Å². The van der Waals surface area contributed by atoms with Gasteiger partial charge in [0.05, 0.1) is 0 Å². The van der Waals surface area contributed by atoms with Gasteiger partial charge in [-0.15, -0.1) is 0 Å². The van der Waals surface area contributed by atoms with Crippen LogP contribution < -0.4 is 5.32 Å². The lowest BCUT2D eigenvalue weighted by molar-refractivity contribution is -0.131. The summed E-state index contributed by atoms with van der Waals surface area (Å²) in [5.41, 5.74) is 0.881. The number of carbonyl (C=O) groups excluding carboxylic acids is 1. The van der Waals surface area contributed by atoms with Gasteiger partial charge in [-0.05, 0) is 35.9 Å². The number of nitrogens with one attached hydrogen (secondary N) is 1. The van der Waals surface area contributed by atoms with Gasteiger partial charge in [0.25, 0.3) is 5.91 Å². The summed E-state index contributed by atoms with van der Waals surface area (Å²) >= 11 is 6.02. The van der Waals surface area contributed by atoms with Gasteiger partial charge >= 0.3 is 5.97 Å². The summed E-state index contributed by atoms with van der Waals surface area (Å²) in [6, 6.07) is 9.79. The molecule has 0 radical (unpaired) electrons. The van der Waals surface area contributed by atoms with E-state index >= 15 is 0 Å². The Kier molecular flexibility index (Phi) is 4.68. The SMILES string of the molecule is O=C(O)/C=C/c1ccc(C(=O)Nc2ccccn2)cc1Cl. The Hall–Kier alpha value is -2.66. The first-order chi connectivity index (χ1) is 10.1. The summed E-state index contributed by atoms with van der Waals surface area (Å²) < 4.78 is 0. The average molecular weight is 303 g/mol. The first-order valence-electron chi connectivity index (χ1n) is 5.99. The van der Waals surface area contributed by atoms with E-state index in [-0.39, 0.29) is 5.91 Å². The lowest BCUT2D eigenvalue weighted by Crippen LogP contribution is -2.12. The summed E-state index contributed by atoms with van der Waals surface area (Å²) in [4.78, 5) is 26.5. The van der Waals surface area contributed by atoms with Gasteiger partial charge in [0, 0.05) is 22.9 Å². The Morgan fingerprint density at radius 1 is 1.24 bits per heavy atom. The fraction of sp³-hybridized carbons (Fsp3) is 0. The van der Waals surface area contributed by atoms with E-state index in [1.165, 1.54) is 12.1 Å². The van der Waals surface area contributed by atoms with Gasteiger partial charge in [-0.2, -0.15) is 0 Å². The molecule has 2 aromatic rings. The molecule has 106 valence electrons. The van der Waals surface area contributed by atoms with Crippen molar-refractivity contribution in [1.82, 2.24) is 4.98 Å². The zero-order chi connectivity index (χ0) is 15.2. The number of hydrogen-bond donors (Lipinski definition) is 2. The molecule has 1 heterocycles. The van der Waals surface area contributed by atoms with Crippen molar-refractivity contribution in [2.45, 2.75) is 0 Å². The quantitative estimate of drug-likeness (QED) is 0.851. The monoisotopic (exact) mass is 302 g/mol. The van der Waals surface area contributed by atoms with Crippen molar-refractivity contribution >= 4 is 35.4 Å². The fourth-order valence-electron chi connectivity index (χ4n) is 1.59. The van der Waals surface area contributed by atoms with Crippen LogP contribution in [0.1, 0.15) is 15.9 Å². The Morgan fingerprint density at radius 3 is 2.67 bits per heavy atom. The van der Waals surface area contributed by atoms with Gasteiger partial charge < -0.3 is 10.4 Å². The van der Waals surface area contributed by atoms with Crippen LogP contribution in [0.25, 0.3) is 6.08 Å². The van der Waals surface area contributed by atoms with Gasteiger partial charge in [-0.25, -0.2) is 9.78 Å². The van der Waals surface area contributed by atoms with E-state index in [0.29, 0.717) is 22.0 Å². The number of hydrogen-bond acceptors (Lipinski definition) is 3. The smallest absolute Gasteiger partial charge is 0.328 e. The van der Waals surface area contributed by atoms with Crippen molar-refractivity contribution in [2.24, 2.45) is 0 Å². The molecular weight excluding hydrogens is 292 g/mol. The molecule has 0 fully saturated rings. The summed E-state index contributed by atoms with van der Waals surface area (Å²) in [6.45, 7) is 0. The summed E-state index contributed by atoms with van der Waals surface area (Å²) in [6.07, 6.45) is 3.92. The van der Waals surface area contributed by atoms with Gasteiger partial charge in [0.2, 0.25) is 0 Å². The number of anilines is 1. The van der Waals surface area contributed by atoms with Gasteiger partial charge in [0.15, 0.2) is 0 Å². The minimum Gasteiger partial charge on any atom is -0.478 e. The summed E-state index contributed by atoms with van der Waals surface area (Å²) in [5, 5.41) is 11.5. The molecule has 0 spiro atoms. The fourth-order valence-corrected chi connectivity index (χ4v) is 1.83. The molecule has 2 rings (SSSR count). The predicted octanol–water partition coefficient (Wildman–Crippen LogP) is 3.09. The third-order valence-corrected chi connectivity index (χ3v) is 2.90. The van der Waals surface area contributed by atoms with Gasteiger partial charge in [0.1, 0.15) is 5.82 Å². The van der Waals surface area contributed by atoms with E-state index in [2.05, 4.69) is 10.3 Å². The highest BCUT2D eigenvalue weighted by atomic mass is 35.5. The largest absolute Gasteiger partial charge is 0.478 e. The highest BCUT2D eigenvalue weighted by Gasteiger charge is 2.08. The molecule has 0 saturated carbocycles. The van der Waals surface area contributed by atoms with Crippen LogP contribution in [-0.4, -0.2) is 22.0 Å². The van der Waals surface area contributed by atoms with Crippen LogP contribution in [0.5, 0.6) is 0 Å². The number of halogens is 1. The first kappa shape index (κ1) is 14.7. The highest BCUT2D eigenvalue weighted by Crippen LogP contribution is 2.20. The van der Waals surface area contributed by atoms with Crippen molar-refractivity contribution in [3.63, 3.8) is 0 Å². The number of carboxylic acid groups (broad SMARTS) is 1. The van der Waals surface area contributed by atoms with Crippen LogP contribution in [0, 0.1) is 0 Å². The zero-order valence-corrected chi connectivity index (χ0v) is 11.5. The van der Waals surface area contributed by atoms with Crippen LogP contribution in [0.15, 0.2) is 48.7 Å². The second-order valence-corrected chi connectivity index (χ2v) is 4.48. The third kappa shape index (κ3) is 4.15. The summed E-state index contributed by atoms with van der Waals surface area (Å²) in [5.74, 6) is -0.971. The molecular formula is C15H11ClN2O3. The minimum absolute atomic E-state index is 0.293. The molecule has 21 heavy (non-hydrogen) atoms. The van der Waals surface area contributed by atoms with Crippen LogP contribution >= 0.6 is 11.6 Å². The van der Waals surface area contributed by atoms with E-state index < -0.39 is 5.97 Å². The number of rotatable bonds is 4.